The SMILES string of the molecule is O=C(O)c1cnc(NCCCOC(F)F)c(Br)c1. The van der Waals surface area contributed by atoms with E-state index in [1.54, 1.807) is 0 Å². The standard InChI is InChI=1S/C10H11BrF2N2O3/c11-7-4-6(9(16)17)5-15-8(7)14-2-1-3-18-10(12)13/h4-5,10H,1-3H2,(H,14,15)(H,16,17). The first-order chi connectivity index (χ1) is 8.50. The van der Waals surface area contributed by atoms with Crippen LogP contribution in [0.2, 0.25) is 0 Å². The number of ether oxygens (including phenoxy) is 1. The Balaban J connectivity index is 2.41. The number of anilines is 1. The number of rotatable bonds is 7. The van der Waals surface area contributed by atoms with Crippen molar-refractivity contribution in [3.05, 3.63) is 22.3 Å². The average Bonchev–Trinajstić information content (AvgIpc) is 2.29. The maximum atomic E-state index is 11.7. The minimum absolute atomic E-state index is 0.0600. The molecule has 1 aromatic rings. The number of carboxylic acid groups (broad SMARTS) is 1. The minimum atomic E-state index is -2.76. The van der Waals surface area contributed by atoms with E-state index < -0.39 is 12.6 Å². The summed E-state index contributed by atoms with van der Waals surface area (Å²) in [5.41, 5.74) is 0.0634. The highest BCUT2D eigenvalue weighted by atomic mass is 79.9. The van der Waals surface area contributed by atoms with Gasteiger partial charge in [-0.1, -0.05) is 0 Å². The average molecular weight is 325 g/mol. The molecule has 0 radical (unpaired) electrons. The molecule has 0 atom stereocenters. The lowest BCUT2D eigenvalue weighted by molar-refractivity contribution is -0.128. The van der Waals surface area contributed by atoms with Gasteiger partial charge in [-0.2, -0.15) is 8.78 Å². The summed E-state index contributed by atoms with van der Waals surface area (Å²) in [6, 6.07) is 1.41. The number of aromatic nitrogens is 1. The van der Waals surface area contributed by atoms with Crippen LogP contribution < -0.4 is 5.32 Å². The maximum Gasteiger partial charge on any atom is 0.345 e. The first kappa shape index (κ1) is 14.8. The van der Waals surface area contributed by atoms with Crippen LogP contribution in [0.3, 0.4) is 0 Å². The van der Waals surface area contributed by atoms with E-state index in [1.165, 1.54) is 12.3 Å². The number of pyridine rings is 1. The fourth-order valence-corrected chi connectivity index (χ4v) is 1.63. The molecule has 0 unspecified atom stereocenters. The number of carbonyl (C=O) groups is 1. The monoisotopic (exact) mass is 324 g/mol. The molecule has 1 rings (SSSR count). The number of nitrogens with zero attached hydrogens (tertiary/aromatic N) is 1. The van der Waals surface area contributed by atoms with Crippen LogP contribution in [-0.4, -0.2) is 35.8 Å². The van der Waals surface area contributed by atoms with Crippen LogP contribution in [0, 0.1) is 0 Å². The van der Waals surface area contributed by atoms with Gasteiger partial charge >= 0.3 is 12.6 Å². The molecule has 0 aliphatic rings. The Labute approximate surface area is 110 Å². The Morgan fingerprint density at radius 3 is 2.89 bits per heavy atom. The zero-order valence-electron chi connectivity index (χ0n) is 9.20. The molecule has 2 N–H and O–H groups in total. The number of hydrogen-bond donors (Lipinski definition) is 2. The fourth-order valence-electron chi connectivity index (χ4n) is 1.14. The second-order valence-corrected chi connectivity index (χ2v) is 4.13. The van der Waals surface area contributed by atoms with Gasteiger partial charge in [-0.25, -0.2) is 9.78 Å². The highest BCUT2D eigenvalue weighted by molar-refractivity contribution is 9.10. The van der Waals surface area contributed by atoms with Crippen molar-refractivity contribution in [2.75, 3.05) is 18.5 Å². The Hall–Kier alpha value is -1.28. The molecule has 18 heavy (non-hydrogen) atoms. The van der Waals surface area contributed by atoms with Gasteiger partial charge in [0.1, 0.15) is 5.82 Å². The largest absolute Gasteiger partial charge is 0.478 e. The molecule has 5 nitrogen and oxygen atoms in total. The van der Waals surface area contributed by atoms with E-state index in [9.17, 15) is 13.6 Å². The van der Waals surface area contributed by atoms with Crippen molar-refractivity contribution in [1.82, 2.24) is 4.98 Å². The summed E-state index contributed by atoms with van der Waals surface area (Å²) >= 11 is 3.17. The molecule has 0 saturated carbocycles. The van der Waals surface area contributed by atoms with Gasteiger partial charge in [-0.05, 0) is 28.4 Å². The second kappa shape index (κ2) is 7.22. The van der Waals surface area contributed by atoms with Gasteiger partial charge < -0.3 is 15.2 Å². The summed E-state index contributed by atoms with van der Waals surface area (Å²) in [6.07, 6.45) is 1.60. The fraction of sp³-hybridized carbons (Fsp3) is 0.400. The number of nitrogens with one attached hydrogen (secondary N) is 1. The predicted molar refractivity (Wildman–Crippen MR) is 64.0 cm³/mol. The number of carboxylic acids is 1. The Bertz CT molecular complexity index is 418. The molecule has 0 spiro atoms. The molecular formula is C10H11BrF2N2O3. The Kier molecular flexibility index (Phi) is 5.93. The van der Waals surface area contributed by atoms with Crippen molar-refractivity contribution in [3.63, 3.8) is 0 Å². The summed E-state index contributed by atoms with van der Waals surface area (Å²) in [5.74, 6) is -0.614. The van der Waals surface area contributed by atoms with Crippen molar-refractivity contribution in [2.45, 2.75) is 13.0 Å². The lowest BCUT2D eigenvalue weighted by Crippen LogP contribution is -2.09. The summed E-state index contributed by atoms with van der Waals surface area (Å²) in [4.78, 5) is 14.6. The number of alkyl halides is 2. The molecule has 0 bridgehead atoms. The lowest BCUT2D eigenvalue weighted by Gasteiger charge is -2.08. The molecule has 0 amide bonds. The molecule has 0 aliphatic heterocycles. The topological polar surface area (TPSA) is 71.5 Å². The zero-order valence-corrected chi connectivity index (χ0v) is 10.8. The minimum Gasteiger partial charge on any atom is -0.478 e. The van der Waals surface area contributed by atoms with Gasteiger partial charge in [0.05, 0.1) is 16.6 Å². The summed E-state index contributed by atoms with van der Waals surface area (Å²) in [7, 11) is 0. The van der Waals surface area contributed by atoms with E-state index in [0.29, 0.717) is 23.3 Å². The van der Waals surface area contributed by atoms with Crippen LogP contribution in [0.5, 0.6) is 0 Å². The van der Waals surface area contributed by atoms with Crippen LogP contribution in [0.25, 0.3) is 0 Å². The van der Waals surface area contributed by atoms with Gasteiger partial charge in [0.15, 0.2) is 0 Å². The van der Waals surface area contributed by atoms with Crippen LogP contribution in [0.15, 0.2) is 16.7 Å². The first-order valence-electron chi connectivity index (χ1n) is 5.03. The highest BCUT2D eigenvalue weighted by Crippen LogP contribution is 2.20. The number of hydrogen-bond acceptors (Lipinski definition) is 4. The third-order valence-electron chi connectivity index (χ3n) is 1.95. The van der Waals surface area contributed by atoms with E-state index in [-0.39, 0.29) is 12.2 Å². The molecular weight excluding hydrogens is 314 g/mol. The van der Waals surface area contributed by atoms with Crippen LogP contribution >= 0.6 is 15.9 Å². The second-order valence-electron chi connectivity index (χ2n) is 3.27. The van der Waals surface area contributed by atoms with Crippen molar-refractivity contribution >= 4 is 27.7 Å². The zero-order chi connectivity index (χ0) is 13.5. The predicted octanol–water partition coefficient (Wildman–Crippen LogP) is 2.58. The van der Waals surface area contributed by atoms with Gasteiger partial charge in [-0.15, -0.1) is 0 Å². The molecule has 100 valence electrons. The summed E-state index contributed by atoms with van der Waals surface area (Å²) in [5, 5.41) is 11.6. The number of halogens is 3. The molecule has 0 fully saturated rings. The normalized spacial score (nSPS) is 10.7. The van der Waals surface area contributed by atoms with Gasteiger partial charge in [-0.3, -0.25) is 0 Å². The van der Waals surface area contributed by atoms with Gasteiger partial charge in [0.25, 0.3) is 0 Å². The van der Waals surface area contributed by atoms with E-state index >= 15 is 0 Å². The van der Waals surface area contributed by atoms with Gasteiger partial charge in [0, 0.05) is 12.7 Å². The molecule has 0 aliphatic carbocycles. The van der Waals surface area contributed by atoms with Crippen molar-refractivity contribution in [1.29, 1.82) is 0 Å². The van der Waals surface area contributed by atoms with E-state index in [0.717, 1.165) is 0 Å². The van der Waals surface area contributed by atoms with E-state index in [1.807, 2.05) is 0 Å². The maximum absolute atomic E-state index is 11.7. The molecule has 0 saturated heterocycles. The van der Waals surface area contributed by atoms with Crippen molar-refractivity contribution in [2.24, 2.45) is 0 Å². The quantitative estimate of drug-likeness (QED) is 0.754. The summed E-state index contributed by atoms with van der Waals surface area (Å²) in [6.45, 7) is -2.43. The first-order valence-corrected chi connectivity index (χ1v) is 5.82. The third kappa shape index (κ3) is 4.92. The molecule has 1 aromatic heterocycles. The van der Waals surface area contributed by atoms with Crippen LogP contribution in [0.1, 0.15) is 16.8 Å². The van der Waals surface area contributed by atoms with E-state index in [2.05, 4.69) is 31.0 Å². The van der Waals surface area contributed by atoms with Crippen LogP contribution in [-0.2, 0) is 4.74 Å². The third-order valence-corrected chi connectivity index (χ3v) is 2.55. The number of aromatic carboxylic acids is 1. The van der Waals surface area contributed by atoms with Crippen LogP contribution in [0.4, 0.5) is 14.6 Å². The highest BCUT2D eigenvalue weighted by Gasteiger charge is 2.07. The molecule has 0 aromatic carbocycles. The van der Waals surface area contributed by atoms with E-state index in [4.69, 9.17) is 5.11 Å². The Morgan fingerprint density at radius 2 is 2.33 bits per heavy atom. The summed E-state index contributed by atoms with van der Waals surface area (Å²) < 4.78 is 27.9. The molecule has 8 heteroatoms. The lowest BCUT2D eigenvalue weighted by atomic mass is 10.3. The smallest absolute Gasteiger partial charge is 0.345 e. The van der Waals surface area contributed by atoms with Gasteiger partial charge in [0.2, 0.25) is 0 Å². The van der Waals surface area contributed by atoms with Crippen molar-refractivity contribution < 1.29 is 23.4 Å². The Morgan fingerprint density at radius 1 is 1.61 bits per heavy atom. The molecule has 1 heterocycles. The van der Waals surface area contributed by atoms with Crippen molar-refractivity contribution in [3.8, 4) is 0 Å².